The molecule has 0 aliphatic carbocycles. The van der Waals surface area contributed by atoms with Gasteiger partial charge in [0.25, 0.3) is 0 Å². The van der Waals surface area contributed by atoms with Gasteiger partial charge in [0.05, 0.1) is 6.54 Å². The predicted octanol–water partition coefficient (Wildman–Crippen LogP) is 2.51. The highest BCUT2D eigenvalue weighted by molar-refractivity contribution is 6.29. The van der Waals surface area contributed by atoms with Crippen molar-refractivity contribution in [2.24, 2.45) is 7.05 Å². The van der Waals surface area contributed by atoms with Crippen molar-refractivity contribution in [2.75, 3.05) is 10.8 Å². The molecule has 0 N–H and O–H groups in total. The van der Waals surface area contributed by atoms with Crippen LogP contribution in [-0.2, 0) is 18.4 Å². The number of hydrogen-bond acceptors (Lipinski definition) is 3. The molecule has 6 heteroatoms. The molecule has 21 heavy (non-hydrogen) atoms. The largest absolute Gasteiger partial charge is 0.303 e. The van der Waals surface area contributed by atoms with Gasteiger partial charge in [-0.25, -0.2) is 4.98 Å². The lowest BCUT2D eigenvalue weighted by Crippen LogP contribution is -2.33. The summed E-state index contributed by atoms with van der Waals surface area (Å²) in [5.41, 5.74) is 2.96. The van der Waals surface area contributed by atoms with E-state index in [0.29, 0.717) is 12.4 Å². The highest BCUT2D eigenvalue weighted by Crippen LogP contribution is 2.26. The lowest BCUT2D eigenvalue weighted by atomic mass is 10.1. The van der Waals surface area contributed by atoms with Crippen LogP contribution in [0.25, 0.3) is 0 Å². The van der Waals surface area contributed by atoms with Crippen molar-refractivity contribution in [1.82, 2.24) is 14.8 Å². The zero-order chi connectivity index (χ0) is 15.6. The minimum atomic E-state index is -0.144. The van der Waals surface area contributed by atoms with Gasteiger partial charge in [0.2, 0.25) is 5.91 Å². The van der Waals surface area contributed by atoms with E-state index in [-0.39, 0.29) is 11.8 Å². The van der Waals surface area contributed by atoms with Crippen LogP contribution in [0.5, 0.6) is 0 Å². The third-order valence-electron chi connectivity index (χ3n) is 3.38. The van der Waals surface area contributed by atoms with E-state index in [1.165, 1.54) is 0 Å². The highest BCUT2D eigenvalue weighted by Gasteiger charge is 2.21. The molecule has 0 unspecified atom stereocenters. The minimum Gasteiger partial charge on any atom is -0.303 e. The van der Waals surface area contributed by atoms with Gasteiger partial charge in [-0.3, -0.25) is 9.48 Å². The van der Waals surface area contributed by atoms with Gasteiger partial charge in [0.1, 0.15) is 17.5 Å². The normalized spacial score (nSPS) is 10.7. The molecule has 0 saturated heterocycles. The second-order valence-electron chi connectivity index (χ2n) is 5.05. The molecule has 1 heterocycles. The number of alkyl halides is 1. The SMILES string of the molecule is Cc1nc(CN(C(=O)CCl)c2c(C)cccc2C)n(C)n1. The summed E-state index contributed by atoms with van der Waals surface area (Å²) in [6, 6.07) is 5.95. The van der Waals surface area contributed by atoms with Crippen LogP contribution >= 0.6 is 11.6 Å². The number of nitrogens with zero attached hydrogens (tertiary/aromatic N) is 4. The van der Waals surface area contributed by atoms with Crippen molar-refractivity contribution < 1.29 is 4.79 Å². The van der Waals surface area contributed by atoms with Crippen LogP contribution in [-0.4, -0.2) is 26.6 Å². The fraction of sp³-hybridized carbons (Fsp3) is 0.400. The summed E-state index contributed by atoms with van der Waals surface area (Å²) in [5.74, 6) is 1.21. The molecule has 0 saturated carbocycles. The Labute approximate surface area is 129 Å². The Morgan fingerprint density at radius 1 is 1.29 bits per heavy atom. The zero-order valence-electron chi connectivity index (χ0n) is 12.7. The minimum absolute atomic E-state index is 0.0649. The van der Waals surface area contributed by atoms with Crippen LogP contribution in [0.2, 0.25) is 0 Å². The first-order valence-corrected chi connectivity index (χ1v) is 7.26. The van der Waals surface area contributed by atoms with Crippen LogP contribution in [0.1, 0.15) is 22.8 Å². The molecule has 0 fully saturated rings. The van der Waals surface area contributed by atoms with Gasteiger partial charge in [-0.15, -0.1) is 11.6 Å². The standard InChI is InChI=1S/C15H19ClN4O/c1-10-6-5-7-11(2)15(10)20(14(21)8-16)9-13-17-12(3)18-19(13)4/h5-7H,8-9H2,1-4H3. The third-order valence-corrected chi connectivity index (χ3v) is 3.61. The van der Waals surface area contributed by atoms with Crippen molar-refractivity contribution in [3.05, 3.63) is 41.0 Å². The molecule has 0 aliphatic rings. The maximum atomic E-state index is 12.3. The smallest absolute Gasteiger partial charge is 0.242 e. The number of benzene rings is 1. The average Bonchev–Trinajstić information content (AvgIpc) is 2.74. The van der Waals surface area contributed by atoms with E-state index in [0.717, 1.165) is 22.6 Å². The molecule has 2 rings (SSSR count). The first-order chi connectivity index (χ1) is 9.93. The summed E-state index contributed by atoms with van der Waals surface area (Å²) in [6.45, 7) is 6.16. The van der Waals surface area contributed by atoms with E-state index in [4.69, 9.17) is 11.6 Å². The second-order valence-corrected chi connectivity index (χ2v) is 5.32. The number of hydrogen-bond donors (Lipinski definition) is 0. The van der Waals surface area contributed by atoms with Gasteiger partial charge < -0.3 is 4.90 Å². The van der Waals surface area contributed by atoms with E-state index < -0.39 is 0 Å². The molecule has 5 nitrogen and oxygen atoms in total. The number of carbonyl (C=O) groups is 1. The Kier molecular flexibility index (Phi) is 4.63. The lowest BCUT2D eigenvalue weighted by Gasteiger charge is -2.25. The topological polar surface area (TPSA) is 51.0 Å². The van der Waals surface area contributed by atoms with Crippen LogP contribution < -0.4 is 4.90 Å². The Morgan fingerprint density at radius 2 is 1.90 bits per heavy atom. The second kappa shape index (κ2) is 6.26. The Hall–Kier alpha value is -1.88. The van der Waals surface area contributed by atoms with Gasteiger partial charge in [-0.1, -0.05) is 18.2 Å². The Balaban J connectivity index is 2.44. The molecule has 112 valence electrons. The van der Waals surface area contributed by atoms with Gasteiger partial charge >= 0.3 is 0 Å². The predicted molar refractivity (Wildman–Crippen MR) is 83.6 cm³/mol. The van der Waals surface area contributed by atoms with Gasteiger partial charge in [-0.2, -0.15) is 5.10 Å². The molecule has 0 spiro atoms. The zero-order valence-corrected chi connectivity index (χ0v) is 13.5. The molecule has 0 atom stereocenters. The Morgan fingerprint density at radius 3 is 2.38 bits per heavy atom. The maximum absolute atomic E-state index is 12.3. The van der Waals surface area contributed by atoms with Crippen LogP contribution in [0.4, 0.5) is 5.69 Å². The monoisotopic (exact) mass is 306 g/mol. The average molecular weight is 307 g/mol. The van der Waals surface area contributed by atoms with E-state index in [1.54, 1.807) is 9.58 Å². The summed E-state index contributed by atoms with van der Waals surface area (Å²) in [6.07, 6.45) is 0. The molecule has 1 aromatic heterocycles. The van der Waals surface area contributed by atoms with Gasteiger partial charge in [-0.05, 0) is 31.9 Å². The fourth-order valence-electron chi connectivity index (χ4n) is 2.43. The van der Waals surface area contributed by atoms with Crippen molar-refractivity contribution in [1.29, 1.82) is 0 Å². The number of anilines is 1. The fourth-order valence-corrected chi connectivity index (χ4v) is 2.58. The third kappa shape index (κ3) is 3.24. The summed E-state index contributed by atoms with van der Waals surface area (Å²) < 4.78 is 1.69. The van der Waals surface area contributed by atoms with Crippen molar-refractivity contribution in [2.45, 2.75) is 27.3 Å². The lowest BCUT2D eigenvalue weighted by molar-refractivity contribution is -0.116. The van der Waals surface area contributed by atoms with Crippen molar-refractivity contribution in [3.63, 3.8) is 0 Å². The number of aromatic nitrogens is 3. The highest BCUT2D eigenvalue weighted by atomic mass is 35.5. The Bertz CT molecular complexity index is 645. The number of carbonyl (C=O) groups excluding carboxylic acids is 1. The number of aryl methyl sites for hydroxylation is 4. The van der Waals surface area contributed by atoms with Crippen LogP contribution in [0.3, 0.4) is 0 Å². The molecule has 2 aromatic rings. The number of halogens is 1. The molecule has 0 radical (unpaired) electrons. The molecule has 0 aliphatic heterocycles. The van der Waals surface area contributed by atoms with Crippen LogP contribution in [0.15, 0.2) is 18.2 Å². The number of amides is 1. The molecular weight excluding hydrogens is 288 g/mol. The summed E-state index contributed by atoms with van der Waals surface area (Å²) in [5, 5.41) is 4.22. The summed E-state index contributed by atoms with van der Waals surface area (Å²) in [4.78, 5) is 18.3. The molecular formula is C15H19ClN4O. The first-order valence-electron chi connectivity index (χ1n) is 6.73. The summed E-state index contributed by atoms with van der Waals surface area (Å²) >= 11 is 5.78. The number of rotatable bonds is 4. The van der Waals surface area contributed by atoms with Crippen LogP contribution in [0, 0.1) is 20.8 Å². The maximum Gasteiger partial charge on any atom is 0.242 e. The van der Waals surface area contributed by atoms with E-state index in [1.807, 2.05) is 46.0 Å². The van der Waals surface area contributed by atoms with E-state index in [9.17, 15) is 4.79 Å². The molecule has 1 amide bonds. The van der Waals surface area contributed by atoms with Crippen molar-refractivity contribution >= 4 is 23.2 Å². The van der Waals surface area contributed by atoms with E-state index in [2.05, 4.69) is 10.1 Å². The number of para-hydroxylation sites is 1. The molecule has 1 aromatic carbocycles. The van der Waals surface area contributed by atoms with E-state index >= 15 is 0 Å². The van der Waals surface area contributed by atoms with Crippen molar-refractivity contribution in [3.8, 4) is 0 Å². The first kappa shape index (κ1) is 15.5. The quantitative estimate of drug-likeness (QED) is 0.816. The molecule has 0 bridgehead atoms. The van der Waals surface area contributed by atoms with Gasteiger partial charge in [0, 0.05) is 12.7 Å². The summed E-state index contributed by atoms with van der Waals surface area (Å²) in [7, 11) is 1.82. The van der Waals surface area contributed by atoms with Gasteiger partial charge in [0.15, 0.2) is 0 Å².